The van der Waals surface area contributed by atoms with Crippen molar-refractivity contribution in [2.75, 3.05) is 26.6 Å². The standard InChI is InChI=1S/C50H76O4Si/c1-37(2)13-12-14-38(3)46-27-28-47-45-26-21-41-35-44(29-31-49(41,4)48(45)30-32-50(46,47)5)54-43-24-19-40(20-25-43)16-15-39-17-22-42(23-18-39)53-34-11-9-8-10-33-52-36-55(7)51-6/h17-20,22-25,37-38,41,44-48,55H,8-14,21,26-36H2,1-7H3. The van der Waals surface area contributed by atoms with Crippen LogP contribution >= 0.6 is 0 Å². The molecule has 10 atom stereocenters. The molecule has 0 radical (unpaired) electrons. The van der Waals surface area contributed by atoms with Crippen LogP contribution in [0.1, 0.15) is 148 Å². The van der Waals surface area contributed by atoms with Gasteiger partial charge in [0.1, 0.15) is 11.5 Å². The van der Waals surface area contributed by atoms with Gasteiger partial charge in [0.25, 0.3) is 0 Å². The third-order valence-electron chi connectivity index (χ3n) is 15.4. The summed E-state index contributed by atoms with van der Waals surface area (Å²) in [5.74, 6) is 14.9. The van der Waals surface area contributed by atoms with Crippen molar-refractivity contribution in [1.82, 2.24) is 0 Å². The highest BCUT2D eigenvalue weighted by atomic mass is 28.3. The zero-order valence-electron chi connectivity index (χ0n) is 35.9. The molecule has 4 fully saturated rings. The highest BCUT2D eigenvalue weighted by molar-refractivity contribution is 6.49. The molecule has 0 aliphatic heterocycles. The summed E-state index contributed by atoms with van der Waals surface area (Å²) < 4.78 is 23.7. The summed E-state index contributed by atoms with van der Waals surface area (Å²) in [7, 11) is 0.690. The fraction of sp³-hybridized carbons (Fsp3) is 0.720. The number of fused-ring (bicyclic) bond motifs is 5. The van der Waals surface area contributed by atoms with Gasteiger partial charge in [0.2, 0.25) is 0 Å². The average Bonchev–Trinajstić information content (AvgIpc) is 3.54. The first kappa shape index (κ1) is 42.3. The van der Waals surface area contributed by atoms with E-state index in [0.717, 1.165) is 103 Å². The second-order valence-electron chi connectivity index (χ2n) is 19.4. The van der Waals surface area contributed by atoms with Crippen LogP contribution in [0, 0.1) is 64.1 Å². The van der Waals surface area contributed by atoms with Crippen molar-refractivity contribution in [3.63, 3.8) is 0 Å². The van der Waals surface area contributed by atoms with Crippen molar-refractivity contribution in [3.8, 4) is 23.3 Å². The minimum absolute atomic E-state index is 0.333. The van der Waals surface area contributed by atoms with Crippen LogP contribution < -0.4 is 9.47 Å². The smallest absolute Gasteiger partial charge is 0.198 e. The third kappa shape index (κ3) is 10.8. The first-order chi connectivity index (χ1) is 26.6. The van der Waals surface area contributed by atoms with Gasteiger partial charge < -0.3 is 18.6 Å². The molecule has 0 aromatic heterocycles. The van der Waals surface area contributed by atoms with Gasteiger partial charge in [-0.05, 0) is 184 Å². The quantitative estimate of drug-likeness (QED) is 0.0860. The van der Waals surface area contributed by atoms with Crippen LogP contribution in [-0.4, -0.2) is 41.7 Å². The largest absolute Gasteiger partial charge is 0.494 e. The van der Waals surface area contributed by atoms with Gasteiger partial charge in [0, 0.05) is 24.8 Å². The predicted molar refractivity (Wildman–Crippen MR) is 231 cm³/mol. The van der Waals surface area contributed by atoms with Crippen LogP contribution in [0.3, 0.4) is 0 Å². The summed E-state index contributed by atoms with van der Waals surface area (Å²) >= 11 is 0. The van der Waals surface area contributed by atoms with Crippen LogP contribution in [0.15, 0.2) is 48.5 Å². The Kier molecular flexibility index (Phi) is 15.3. The van der Waals surface area contributed by atoms with E-state index in [-0.39, 0.29) is 0 Å². The second kappa shape index (κ2) is 19.9. The van der Waals surface area contributed by atoms with Crippen LogP contribution in [0.4, 0.5) is 0 Å². The summed E-state index contributed by atoms with van der Waals surface area (Å²) in [5.41, 5.74) is 3.10. The molecule has 6 rings (SSSR count). The molecule has 0 bridgehead atoms. The van der Waals surface area contributed by atoms with Crippen molar-refractivity contribution in [3.05, 3.63) is 59.7 Å². The monoisotopic (exact) mass is 769 g/mol. The van der Waals surface area contributed by atoms with Gasteiger partial charge in [0.15, 0.2) is 9.04 Å². The molecule has 0 heterocycles. The van der Waals surface area contributed by atoms with Crippen molar-refractivity contribution >= 4 is 9.04 Å². The van der Waals surface area contributed by atoms with E-state index in [4.69, 9.17) is 18.6 Å². The molecule has 5 heteroatoms. The Balaban J connectivity index is 0.919. The summed E-state index contributed by atoms with van der Waals surface area (Å²) in [6.45, 7) is 16.6. The van der Waals surface area contributed by atoms with E-state index >= 15 is 0 Å². The van der Waals surface area contributed by atoms with E-state index in [9.17, 15) is 0 Å². The van der Waals surface area contributed by atoms with Gasteiger partial charge in [-0.3, -0.25) is 0 Å². The van der Waals surface area contributed by atoms with Crippen LogP contribution in [0.5, 0.6) is 11.5 Å². The van der Waals surface area contributed by atoms with Gasteiger partial charge in [-0.15, -0.1) is 0 Å². The Bertz CT molecular complexity index is 1510. The maximum atomic E-state index is 6.70. The van der Waals surface area contributed by atoms with E-state index < -0.39 is 9.04 Å². The van der Waals surface area contributed by atoms with E-state index in [2.05, 4.69) is 89.4 Å². The zero-order valence-corrected chi connectivity index (χ0v) is 37.0. The summed E-state index contributed by atoms with van der Waals surface area (Å²) in [5, 5.41) is 0. The topological polar surface area (TPSA) is 36.9 Å². The lowest BCUT2D eigenvalue weighted by molar-refractivity contribution is -0.126. The van der Waals surface area contributed by atoms with Gasteiger partial charge >= 0.3 is 0 Å². The number of hydrogen-bond acceptors (Lipinski definition) is 4. The molecule has 304 valence electrons. The van der Waals surface area contributed by atoms with Gasteiger partial charge in [-0.1, -0.05) is 72.1 Å². The molecule has 4 saturated carbocycles. The first-order valence-electron chi connectivity index (χ1n) is 22.7. The molecule has 0 saturated heterocycles. The lowest BCUT2D eigenvalue weighted by Gasteiger charge is -2.61. The average molecular weight is 769 g/mol. The van der Waals surface area contributed by atoms with Crippen molar-refractivity contribution in [1.29, 1.82) is 0 Å². The number of benzene rings is 2. The number of unbranched alkanes of at least 4 members (excludes halogenated alkanes) is 3. The molecule has 0 N–H and O–H groups in total. The molecular weight excluding hydrogens is 693 g/mol. The zero-order chi connectivity index (χ0) is 38.8. The highest BCUT2D eigenvalue weighted by Crippen LogP contribution is 2.68. The molecule has 4 nitrogen and oxygen atoms in total. The molecule has 0 spiro atoms. The summed E-state index contributed by atoms with van der Waals surface area (Å²) in [6.07, 6.45) is 22.5. The van der Waals surface area contributed by atoms with Gasteiger partial charge in [-0.25, -0.2) is 0 Å². The van der Waals surface area contributed by atoms with E-state index in [1.54, 1.807) is 7.11 Å². The Labute approximate surface area is 338 Å². The summed E-state index contributed by atoms with van der Waals surface area (Å²) in [6, 6.07) is 16.7. The molecule has 10 unspecified atom stereocenters. The second-order valence-corrected chi connectivity index (χ2v) is 21.8. The Morgan fingerprint density at radius 3 is 2.05 bits per heavy atom. The van der Waals surface area contributed by atoms with Gasteiger partial charge in [-0.2, -0.15) is 0 Å². The maximum absolute atomic E-state index is 6.70. The van der Waals surface area contributed by atoms with E-state index in [0.29, 0.717) is 16.9 Å². The third-order valence-corrected chi connectivity index (χ3v) is 16.9. The molecule has 2 aromatic carbocycles. The predicted octanol–water partition coefficient (Wildman–Crippen LogP) is 12.5. The molecule has 55 heavy (non-hydrogen) atoms. The van der Waals surface area contributed by atoms with E-state index in [1.165, 1.54) is 83.5 Å². The first-order valence-corrected chi connectivity index (χ1v) is 25.2. The summed E-state index contributed by atoms with van der Waals surface area (Å²) in [4.78, 5) is 0. The lowest BCUT2D eigenvalue weighted by Crippen LogP contribution is -2.54. The highest BCUT2D eigenvalue weighted by Gasteiger charge is 2.60. The molecular formula is C50H76O4Si. The van der Waals surface area contributed by atoms with Crippen molar-refractivity contribution in [2.24, 2.45) is 52.3 Å². The number of ether oxygens (including phenoxy) is 3. The maximum Gasteiger partial charge on any atom is 0.198 e. The minimum atomic E-state index is -1.09. The Morgan fingerprint density at radius 1 is 0.709 bits per heavy atom. The fourth-order valence-corrected chi connectivity index (χ4v) is 12.7. The normalized spacial score (nSPS) is 31.1. The molecule has 0 amide bonds. The Morgan fingerprint density at radius 2 is 1.36 bits per heavy atom. The van der Waals surface area contributed by atoms with Crippen LogP contribution in [0.2, 0.25) is 6.55 Å². The van der Waals surface area contributed by atoms with Crippen LogP contribution in [-0.2, 0) is 9.16 Å². The molecule has 2 aromatic rings. The van der Waals surface area contributed by atoms with Gasteiger partial charge in [0.05, 0.1) is 18.9 Å². The molecule has 4 aliphatic carbocycles. The van der Waals surface area contributed by atoms with E-state index in [1.807, 2.05) is 12.1 Å². The SMILES string of the molecule is CO[SiH](C)COCCCCCCOc1ccc(C#Cc2ccc(OC3CCC4(C)C(CCC5C4CCC4(C)C(C(C)CCCC(C)C)CCC54)C3)cc2)cc1. The molecule has 4 aliphatic rings. The fourth-order valence-electron chi connectivity index (χ4n) is 12.1. The van der Waals surface area contributed by atoms with Crippen molar-refractivity contribution in [2.45, 2.75) is 150 Å². The number of rotatable bonds is 18. The Hall–Kier alpha value is -2.26. The van der Waals surface area contributed by atoms with Crippen LogP contribution in [0.25, 0.3) is 0 Å². The minimum Gasteiger partial charge on any atom is -0.494 e. The number of hydrogen-bond donors (Lipinski definition) is 0. The van der Waals surface area contributed by atoms with Crippen molar-refractivity contribution < 1.29 is 18.6 Å². The lowest BCUT2D eigenvalue weighted by atomic mass is 9.44.